The van der Waals surface area contributed by atoms with Crippen molar-refractivity contribution >= 4 is 23.8 Å². The molecule has 0 radical (unpaired) electrons. The Bertz CT molecular complexity index is 976. The van der Waals surface area contributed by atoms with E-state index in [-0.39, 0.29) is 11.8 Å². The molecule has 2 N–H and O–H groups in total. The summed E-state index contributed by atoms with van der Waals surface area (Å²) in [6.07, 6.45) is 1.70. The van der Waals surface area contributed by atoms with E-state index in [1.54, 1.807) is 4.68 Å². The van der Waals surface area contributed by atoms with Gasteiger partial charge in [0, 0.05) is 30.0 Å². The Hall–Kier alpha value is -2.77. The maximum atomic E-state index is 12.5. The van der Waals surface area contributed by atoms with Crippen LogP contribution in [-0.2, 0) is 11.5 Å². The normalized spacial score (nSPS) is 19.3. The van der Waals surface area contributed by atoms with Gasteiger partial charge in [0.05, 0.1) is 13.1 Å². The van der Waals surface area contributed by atoms with Crippen molar-refractivity contribution in [1.29, 1.82) is 0 Å². The predicted molar refractivity (Wildman–Crippen MR) is 109 cm³/mol. The van der Waals surface area contributed by atoms with E-state index < -0.39 is 0 Å². The molecule has 4 rings (SSSR count). The molecular weight excluding hydrogens is 372 g/mol. The van der Waals surface area contributed by atoms with Crippen LogP contribution in [0.2, 0.25) is 0 Å². The monoisotopic (exact) mass is 395 g/mol. The number of nitrogens with zero attached hydrogens (tertiary/aromatic N) is 2. The van der Waals surface area contributed by atoms with Gasteiger partial charge in [0.1, 0.15) is 0 Å². The number of rotatable bonds is 5. The summed E-state index contributed by atoms with van der Waals surface area (Å²) >= 11 is 5.34. The SMILES string of the molecule is O=C(Nc1ccccc1)C1CC[NH+](Cn2nc(-c3ccccc3)oc2=S)CC1. The summed E-state index contributed by atoms with van der Waals surface area (Å²) in [5.74, 6) is 0.700. The highest BCUT2D eigenvalue weighted by Gasteiger charge is 2.28. The number of benzene rings is 2. The van der Waals surface area contributed by atoms with E-state index in [2.05, 4.69) is 10.4 Å². The van der Waals surface area contributed by atoms with Crippen LogP contribution >= 0.6 is 12.2 Å². The molecule has 0 unspecified atom stereocenters. The van der Waals surface area contributed by atoms with Crippen molar-refractivity contribution in [1.82, 2.24) is 9.78 Å². The summed E-state index contributed by atoms with van der Waals surface area (Å²) in [5.41, 5.74) is 1.77. The summed E-state index contributed by atoms with van der Waals surface area (Å²) in [4.78, 5) is 14.2. The molecule has 1 amide bonds. The molecule has 0 saturated carbocycles. The second-order valence-electron chi connectivity index (χ2n) is 7.08. The van der Waals surface area contributed by atoms with Crippen LogP contribution in [0.1, 0.15) is 12.8 Å². The van der Waals surface area contributed by atoms with Gasteiger partial charge in [-0.1, -0.05) is 36.4 Å². The number of hydrogen-bond donors (Lipinski definition) is 2. The minimum atomic E-state index is 0.0501. The lowest BCUT2D eigenvalue weighted by Crippen LogP contribution is -3.12. The van der Waals surface area contributed by atoms with Crippen LogP contribution in [0.5, 0.6) is 0 Å². The third kappa shape index (κ3) is 4.37. The molecule has 3 aromatic rings. The average Bonchev–Trinajstić information content (AvgIpc) is 3.10. The van der Waals surface area contributed by atoms with Crippen LogP contribution < -0.4 is 10.2 Å². The zero-order valence-corrected chi connectivity index (χ0v) is 16.3. The Labute approximate surface area is 168 Å². The number of amides is 1. The number of aromatic nitrogens is 2. The number of anilines is 1. The maximum absolute atomic E-state index is 12.5. The minimum Gasteiger partial charge on any atom is -0.409 e. The van der Waals surface area contributed by atoms with Crippen molar-refractivity contribution in [3.63, 3.8) is 0 Å². The van der Waals surface area contributed by atoms with Crippen LogP contribution in [0.25, 0.3) is 11.5 Å². The van der Waals surface area contributed by atoms with E-state index in [1.165, 1.54) is 4.90 Å². The lowest BCUT2D eigenvalue weighted by molar-refractivity contribution is -0.929. The van der Waals surface area contributed by atoms with Gasteiger partial charge in [0.25, 0.3) is 4.84 Å². The highest BCUT2D eigenvalue weighted by molar-refractivity contribution is 7.71. The number of carbonyl (C=O) groups is 1. The van der Waals surface area contributed by atoms with E-state index in [1.807, 2.05) is 60.7 Å². The van der Waals surface area contributed by atoms with Gasteiger partial charge in [0.2, 0.25) is 11.8 Å². The summed E-state index contributed by atoms with van der Waals surface area (Å²) in [7, 11) is 0. The van der Waals surface area contributed by atoms with Gasteiger partial charge in [-0.25, -0.2) is 0 Å². The van der Waals surface area contributed by atoms with E-state index in [0.29, 0.717) is 17.4 Å². The third-order valence-corrected chi connectivity index (χ3v) is 5.40. The number of quaternary nitrogens is 1. The van der Waals surface area contributed by atoms with Crippen molar-refractivity contribution in [2.24, 2.45) is 5.92 Å². The molecule has 28 heavy (non-hydrogen) atoms. The van der Waals surface area contributed by atoms with Crippen LogP contribution in [0.15, 0.2) is 65.1 Å². The highest BCUT2D eigenvalue weighted by Crippen LogP contribution is 2.17. The number of hydrogen-bond acceptors (Lipinski definition) is 4. The van der Waals surface area contributed by atoms with Crippen molar-refractivity contribution < 1.29 is 14.1 Å². The van der Waals surface area contributed by atoms with E-state index in [9.17, 15) is 4.79 Å². The zero-order valence-electron chi connectivity index (χ0n) is 15.5. The second kappa shape index (κ2) is 8.50. The Morgan fingerprint density at radius 3 is 2.43 bits per heavy atom. The summed E-state index contributed by atoms with van der Waals surface area (Å²) in [6, 6.07) is 19.4. The van der Waals surface area contributed by atoms with Crippen LogP contribution in [0, 0.1) is 10.8 Å². The molecule has 2 aromatic carbocycles. The minimum absolute atomic E-state index is 0.0501. The topological polar surface area (TPSA) is 64.5 Å². The van der Waals surface area contributed by atoms with E-state index in [4.69, 9.17) is 16.6 Å². The highest BCUT2D eigenvalue weighted by atomic mass is 32.1. The first-order valence-electron chi connectivity index (χ1n) is 9.52. The average molecular weight is 396 g/mol. The quantitative estimate of drug-likeness (QED) is 0.652. The Morgan fingerprint density at radius 1 is 1.11 bits per heavy atom. The maximum Gasteiger partial charge on any atom is 0.292 e. The molecule has 0 aliphatic carbocycles. The first kappa shape index (κ1) is 18.6. The zero-order chi connectivity index (χ0) is 19.3. The summed E-state index contributed by atoms with van der Waals surface area (Å²) in [6.45, 7) is 2.46. The molecule has 0 bridgehead atoms. The molecule has 1 fully saturated rings. The second-order valence-corrected chi connectivity index (χ2v) is 7.43. The molecule has 1 aromatic heterocycles. The van der Waals surface area contributed by atoms with Crippen molar-refractivity contribution in [3.8, 4) is 11.5 Å². The van der Waals surface area contributed by atoms with Crippen molar-refractivity contribution in [2.45, 2.75) is 19.5 Å². The fraction of sp³-hybridized carbons (Fsp3) is 0.286. The first-order chi connectivity index (χ1) is 13.7. The number of nitrogens with one attached hydrogen (secondary N) is 2. The first-order valence-corrected chi connectivity index (χ1v) is 9.93. The molecule has 1 saturated heterocycles. The van der Waals surface area contributed by atoms with Gasteiger partial charge < -0.3 is 14.6 Å². The molecule has 144 valence electrons. The molecule has 6 nitrogen and oxygen atoms in total. The van der Waals surface area contributed by atoms with Gasteiger partial charge in [-0.3, -0.25) is 4.79 Å². The summed E-state index contributed by atoms with van der Waals surface area (Å²) in [5, 5.41) is 7.54. The fourth-order valence-electron chi connectivity index (χ4n) is 3.53. The number of likely N-dealkylation sites (tertiary alicyclic amines) is 1. The van der Waals surface area contributed by atoms with E-state index >= 15 is 0 Å². The largest absolute Gasteiger partial charge is 0.409 e. The van der Waals surface area contributed by atoms with Crippen molar-refractivity contribution in [2.75, 3.05) is 18.4 Å². The number of para-hydroxylation sites is 1. The van der Waals surface area contributed by atoms with Gasteiger partial charge in [0.15, 0.2) is 6.67 Å². The fourth-order valence-corrected chi connectivity index (χ4v) is 3.71. The molecule has 2 heterocycles. The Morgan fingerprint density at radius 2 is 1.75 bits per heavy atom. The lowest BCUT2D eigenvalue weighted by Gasteiger charge is -2.28. The van der Waals surface area contributed by atoms with Gasteiger partial charge >= 0.3 is 0 Å². The van der Waals surface area contributed by atoms with Crippen molar-refractivity contribution in [3.05, 3.63) is 65.5 Å². The third-order valence-electron chi connectivity index (χ3n) is 5.11. The predicted octanol–water partition coefficient (Wildman–Crippen LogP) is 2.76. The molecule has 0 atom stereocenters. The van der Waals surface area contributed by atoms with Crippen LogP contribution in [0.3, 0.4) is 0 Å². The lowest BCUT2D eigenvalue weighted by atomic mass is 9.96. The molecular formula is C21H23N4O2S+. The standard InChI is InChI=1S/C21H22N4O2S/c26-19(22-18-9-5-2-6-10-18)16-11-13-24(14-12-16)15-25-21(28)27-20(23-25)17-7-3-1-4-8-17/h1-10,16H,11-15H2,(H,22,26)/p+1. The van der Waals surface area contributed by atoms with Crippen LogP contribution in [-0.4, -0.2) is 28.8 Å². The Kier molecular flexibility index (Phi) is 5.64. The Balaban J connectivity index is 1.33. The molecule has 7 heteroatoms. The van der Waals surface area contributed by atoms with Gasteiger partial charge in [-0.05, 0) is 36.5 Å². The van der Waals surface area contributed by atoms with Gasteiger partial charge in [-0.2, -0.15) is 4.68 Å². The smallest absolute Gasteiger partial charge is 0.292 e. The number of carbonyl (C=O) groups excluding carboxylic acids is 1. The van der Waals surface area contributed by atoms with E-state index in [0.717, 1.165) is 37.2 Å². The van der Waals surface area contributed by atoms with Crippen LogP contribution in [0.4, 0.5) is 5.69 Å². The summed E-state index contributed by atoms with van der Waals surface area (Å²) < 4.78 is 7.40. The molecule has 0 spiro atoms. The van der Waals surface area contributed by atoms with Gasteiger partial charge in [-0.15, -0.1) is 5.10 Å². The molecule has 1 aliphatic rings. The number of piperidine rings is 1. The molecule has 1 aliphatic heterocycles.